The van der Waals surface area contributed by atoms with E-state index in [1.54, 1.807) is 18.2 Å². The molecular formula is C20H18FN5O3. The highest BCUT2D eigenvalue weighted by molar-refractivity contribution is 6.25. The van der Waals surface area contributed by atoms with Crippen molar-refractivity contribution in [3.05, 3.63) is 59.9 Å². The monoisotopic (exact) mass is 395 g/mol. The fourth-order valence-electron chi connectivity index (χ4n) is 3.40. The number of halogens is 1. The van der Waals surface area contributed by atoms with Crippen LogP contribution in [0, 0.1) is 5.82 Å². The Morgan fingerprint density at radius 2 is 1.90 bits per heavy atom. The number of imide groups is 1. The van der Waals surface area contributed by atoms with E-state index in [-0.39, 0.29) is 12.2 Å². The van der Waals surface area contributed by atoms with Crippen LogP contribution in [0.25, 0.3) is 0 Å². The number of benzene rings is 2. The number of carbonyl (C=O) groups excluding carboxylic acids is 3. The van der Waals surface area contributed by atoms with E-state index >= 15 is 0 Å². The summed E-state index contributed by atoms with van der Waals surface area (Å²) >= 11 is 0. The molecule has 2 aliphatic rings. The minimum atomic E-state index is -0.977. The van der Waals surface area contributed by atoms with Crippen LogP contribution < -0.4 is 10.2 Å². The number of fused-ring (bicyclic) bond motifs is 1. The van der Waals surface area contributed by atoms with Crippen molar-refractivity contribution in [2.45, 2.75) is 25.4 Å². The molecule has 0 aliphatic carbocycles. The zero-order valence-electron chi connectivity index (χ0n) is 15.6. The van der Waals surface area contributed by atoms with Crippen LogP contribution in [-0.2, 0) is 20.8 Å². The predicted octanol–water partition coefficient (Wildman–Crippen LogP) is 2.32. The molecule has 2 aromatic carbocycles. The largest absolute Gasteiger partial charge is 0.324 e. The maximum Gasteiger partial charge on any atom is 0.263 e. The Kier molecular flexibility index (Phi) is 4.79. The van der Waals surface area contributed by atoms with Gasteiger partial charge in [0, 0.05) is 5.69 Å². The number of amides is 3. The molecule has 2 aromatic rings. The Morgan fingerprint density at radius 3 is 2.59 bits per heavy atom. The van der Waals surface area contributed by atoms with Crippen molar-refractivity contribution in [1.82, 2.24) is 5.01 Å². The van der Waals surface area contributed by atoms with E-state index in [4.69, 9.17) is 0 Å². The van der Waals surface area contributed by atoms with E-state index in [9.17, 15) is 18.8 Å². The maximum absolute atomic E-state index is 13.3. The Bertz CT molecular complexity index is 1010. The summed E-state index contributed by atoms with van der Waals surface area (Å²) in [5, 5.41) is 11.5. The molecule has 1 saturated heterocycles. The zero-order valence-corrected chi connectivity index (χ0v) is 15.6. The summed E-state index contributed by atoms with van der Waals surface area (Å²) in [6, 6.07) is 10.7. The van der Waals surface area contributed by atoms with Gasteiger partial charge in [-0.1, -0.05) is 30.3 Å². The highest BCUT2D eigenvalue weighted by atomic mass is 19.1. The van der Waals surface area contributed by atoms with Gasteiger partial charge in [-0.05, 0) is 42.3 Å². The number of nitrogens with one attached hydrogen (secondary N) is 1. The summed E-state index contributed by atoms with van der Waals surface area (Å²) in [5.41, 5.74) is 1.84. The number of anilines is 2. The van der Waals surface area contributed by atoms with Gasteiger partial charge in [0.1, 0.15) is 12.4 Å². The third-order valence-electron chi connectivity index (χ3n) is 4.87. The lowest BCUT2D eigenvalue weighted by Crippen LogP contribution is -2.43. The normalized spacial score (nSPS) is 20.3. The quantitative estimate of drug-likeness (QED) is 0.786. The Hall–Kier alpha value is -3.62. The lowest BCUT2D eigenvalue weighted by atomic mass is 10.1. The molecule has 2 heterocycles. The molecule has 9 heteroatoms. The highest BCUT2D eigenvalue weighted by Crippen LogP contribution is 2.31. The predicted molar refractivity (Wildman–Crippen MR) is 102 cm³/mol. The van der Waals surface area contributed by atoms with Crippen LogP contribution in [0.15, 0.2) is 58.9 Å². The van der Waals surface area contributed by atoms with Crippen molar-refractivity contribution in [3.63, 3.8) is 0 Å². The molecule has 148 valence electrons. The number of hydrogen-bond acceptors (Lipinski definition) is 6. The first-order valence-corrected chi connectivity index (χ1v) is 9.17. The van der Waals surface area contributed by atoms with Gasteiger partial charge in [-0.25, -0.2) is 9.29 Å². The second kappa shape index (κ2) is 7.42. The second-order valence-electron chi connectivity index (χ2n) is 6.78. The molecule has 0 saturated carbocycles. The average Bonchev–Trinajstić information content (AvgIpc) is 3.22. The average molecular weight is 395 g/mol. The van der Waals surface area contributed by atoms with Gasteiger partial charge in [-0.2, -0.15) is 5.11 Å². The lowest BCUT2D eigenvalue weighted by Gasteiger charge is -2.20. The molecule has 1 N–H and O–H groups in total. The van der Waals surface area contributed by atoms with Crippen molar-refractivity contribution >= 4 is 29.1 Å². The Labute approximate surface area is 166 Å². The highest BCUT2D eigenvalue weighted by Gasteiger charge is 2.55. The van der Waals surface area contributed by atoms with Gasteiger partial charge in [-0.3, -0.25) is 19.4 Å². The molecule has 2 atom stereocenters. The van der Waals surface area contributed by atoms with Gasteiger partial charge >= 0.3 is 0 Å². The zero-order chi connectivity index (χ0) is 20.5. The summed E-state index contributed by atoms with van der Waals surface area (Å²) in [6.45, 7) is 1.72. The fourth-order valence-corrected chi connectivity index (χ4v) is 3.40. The molecule has 0 spiro atoms. The lowest BCUT2D eigenvalue weighted by molar-refractivity contribution is -0.123. The van der Waals surface area contributed by atoms with Gasteiger partial charge in [-0.15, -0.1) is 0 Å². The number of hydrogen-bond donors (Lipinski definition) is 1. The van der Waals surface area contributed by atoms with Crippen molar-refractivity contribution < 1.29 is 18.8 Å². The molecular weight excluding hydrogens is 377 g/mol. The Morgan fingerprint density at radius 1 is 1.14 bits per heavy atom. The minimum Gasteiger partial charge on any atom is -0.324 e. The first-order valence-electron chi connectivity index (χ1n) is 9.17. The van der Waals surface area contributed by atoms with Crippen molar-refractivity contribution in [2.75, 3.05) is 16.8 Å². The van der Waals surface area contributed by atoms with Crippen LogP contribution in [-0.4, -0.2) is 41.4 Å². The van der Waals surface area contributed by atoms with Crippen LogP contribution in [0.2, 0.25) is 0 Å². The summed E-state index contributed by atoms with van der Waals surface area (Å²) < 4.78 is 13.3. The van der Waals surface area contributed by atoms with E-state index in [1.807, 2.05) is 19.1 Å². The standard InChI is InChI=1S/C20H18FN5O3/c1-2-12-6-8-15(9-7-12)26-19(28)17-18(20(26)29)25(24-23-17)11-16(27)22-14-5-3-4-13(21)10-14/h3-10,17-18H,2,11H2,1H3,(H,22,27). The summed E-state index contributed by atoms with van der Waals surface area (Å²) in [5.74, 6) is -1.93. The van der Waals surface area contributed by atoms with Gasteiger partial charge in [0.2, 0.25) is 5.91 Å². The van der Waals surface area contributed by atoms with Crippen LogP contribution in [0.4, 0.5) is 15.8 Å². The van der Waals surface area contributed by atoms with E-state index in [0.29, 0.717) is 5.69 Å². The molecule has 0 radical (unpaired) electrons. The summed E-state index contributed by atoms with van der Waals surface area (Å²) in [4.78, 5) is 39.0. The first-order chi connectivity index (χ1) is 14.0. The fraction of sp³-hybridized carbons (Fsp3) is 0.250. The smallest absolute Gasteiger partial charge is 0.263 e. The molecule has 0 aromatic heterocycles. The number of aryl methyl sites for hydroxylation is 1. The Balaban J connectivity index is 1.48. The number of rotatable bonds is 5. The third kappa shape index (κ3) is 3.46. The van der Waals surface area contributed by atoms with Gasteiger partial charge in [0.05, 0.1) is 5.69 Å². The maximum atomic E-state index is 13.3. The minimum absolute atomic E-state index is 0.286. The molecule has 8 nitrogen and oxygen atoms in total. The molecule has 0 bridgehead atoms. The van der Waals surface area contributed by atoms with Crippen LogP contribution in [0.1, 0.15) is 12.5 Å². The number of carbonyl (C=O) groups is 3. The van der Waals surface area contributed by atoms with Crippen LogP contribution >= 0.6 is 0 Å². The SMILES string of the molecule is CCc1ccc(N2C(=O)C3N=NN(CC(=O)Nc4cccc(F)c4)C3C2=O)cc1. The van der Waals surface area contributed by atoms with Crippen LogP contribution in [0.3, 0.4) is 0 Å². The molecule has 1 fully saturated rings. The van der Waals surface area contributed by atoms with E-state index in [2.05, 4.69) is 15.7 Å². The summed E-state index contributed by atoms with van der Waals surface area (Å²) in [7, 11) is 0. The number of nitrogens with zero attached hydrogens (tertiary/aromatic N) is 4. The van der Waals surface area contributed by atoms with Gasteiger partial charge in [0.15, 0.2) is 12.1 Å². The molecule has 29 heavy (non-hydrogen) atoms. The summed E-state index contributed by atoms with van der Waals surface area (Å²) in [6.07, 6.45) is 0.843. The molecule has 2 aliphatic heterocycles. The molecule has 3 amide bonds. The first kappa shape index (κ1) is 18.7. The van der Waals surface area contributed by atoms with E-state index in [0.717, 1.165) is 16.9 Å². The van der Waals surface area contributed by atoms with Crippen molar-refractivity contribution in [3.8, 4) is 0 Å². The van der Waals surface area contributed by atoms with Crippen molar-refractivity contribution in [2.24, 2.45) is 10.3 Å². The topological polar surface area (TPSA) is 94.4 Å². The van der Waals surface area contributed by atoms with Crippen LogP contribution in [0.5, 0.6) is 0 Å². The van der Waals surface area contributed by atoms with Crippen molar-refractivity contribution in [1.29, 1.82) is 0 Å². The third-order valence-corrected chi connectivity index (χ3v) is 4.87. The van der Waals surface area contributed by atoms with E-state index in [1.165, 1.54) is 23.2 Å². The molecule has 2 unspecified atom stereocenters. The second-order valence-corrected chi connectivity index (χ2v) is 6.78. The van der Waals surface area contributed by atoms with E-state index < -0.39 is 35.6 Å². The molecule has 4 rings (SSSR count). The van der Waals surface area contributed by atoms with Gasteiger partial charge < -0.3 is 5.32 Å². The van der Waals surface area contributed by atoms with Gasteiger partial charge in [0.25, 0.3) is 11.8 Å².